The molecule has 196 valence electrons. The smallest absolute Gasteiger partial charge is 0.274 e. The third-order valence-electron chi connectivity index (χ3n) is 6.69. The van der Waals surface area contributed by atoms with E-state index in [4.69, 9.17) is 16.7 Å². The number of sulfonamides is 1. The number of nitrogens with zero attached hydrogens (tertiary/aromatic N) is 3. The number of hydrogen-bond acceptors (Lipinski definition) is 5. The summed E-state index contributed by atoms with van der Waals surface area (Å²) < 4.78 is 27.5. The van der Waals surface area contributed by atoms with Gasteiger partial charge in [0.2, 0.25) is 10.0 Å². The minimum absolute atomic E-state index is 0. The van der Waals surface area contributed by atoms with Crippen molar-refractivity contribution in [1.82, 2.24) is 19.4 Å². The third-order valence-corrected chi connectivity index (χ3v) is 8.34. The molecule has 1 atom stereocenters. The van der Waals surface area contributed by atoms with Gasteiger partial charge in [0.1, 0.15) is 0 Å². The fraction of sp³-hybridized carbons (Fsp3) is 0.462. The van der Waals surface area contributed by atoms with E-state index in [1.54, 1.807) is 11.6 Å². The molecule has 0 radical (unpaired) electrons. The molecule has 1 saturated heterocycles. The van der Waals surface area contributed by atoms with E-state index in [1.807, 2.05) is 48.5 Å². The summed E-state index contributed by atoms with van der Waals surface area (Å²) in [5, 5.41) is 7.11. The molecule has 0 spiro atoms. The van der Waals surface area contributed by atoms with Gasteiger partial charge in [0.05, 0.1) is 23.4 Å². The van der Waals surface area contributed by atoms with E-state index in [9.17, 15) is 13.2 Å². The molecule has 1 N–H and O–H groups in total. The molecule has 2 heterocycles. The summed E-state index contributed by atoms with van der Waals surface area (Å²) in [4.78, 5) is 15.7. The summed E-state index contributed by atoms with van der Waals surface area (Å²) in [6, 6.07) is 15.7. The quantitative estimate of drug-likeness (QED) is 0.359. The van der Waals surface area contributed by atoms with Crippen molar-refractivity contribution in [3.63, 3.8) is 0 Å². The van der Waals surface area contributed by atoms with Gasteiger partial charge in [-0.3, -0.25) is 9.69 Å². The molecule has 0 bridgehead atoms. The van der Waals surface area contributed by atoms with E-state index in [2.05, 4.69) is 9.62 Å². The van der Waals surface area contributed by atoms with Gasteiger partial charge in [0.15, 0.2) is 0 Å². The fourth-order valence-corrected chi connectivity index (χ4v) is 5.51. The molecule has 1 aromatic heterocycles. The summed E-state index contributed by atoms with van der Waals surface area (Å²) >= 11 is 6.05. The molecule has 3 aromatic rings. The Labute approximate surface area is 224 Å². The summed E-state index contributed by atoms with van der Waals surface area (Å²) in [6.07, 6.45) is 4.44. The first kappa shape index (κ1) is 28.6. The zero-order valence-corrected chi connectivity index (χ0v) is 22.9. The van der Waals surface area contributed by atoms with E-state index in [1.165, 1.54) is 0 Å². The minimum Gasteiger partial charge on any atom is -0.299 e. The Kier molecular flexibility index (Phi) is 10.3. The van der Waals surface area contributed by atoms with E-state index >= 15 is 0 Å². The van der Waals surface area contributed by atoms with Gasteiger partial charge in [-0.2, -0.15) is 5.10 Å². The molecule has 0 unspecified atom stereocenters. The van der Waals surface area contributed by atoms with Gasteiger partial charge in [-0.05, 0) is 69.5 Å². The second kappa shape index (κ2) is 13.0. The normalized spacial score (nSPS) is 16.3. The van der Waals surface area contributed by atoms with Crippen LogP contribution in [0.15, 0.2) is 53.3 Å². The number of halogens is 2. The van der Waals surface area contributed by atoms with Gasteiger partial charge in [-0.25, -0.2) is 17.8 Å². The molecule has 0 aliphatic carbocycles. The summed E-state index contributed by atoms with van der Waals surface area (Å²) in [7, 11) is -3.14. The van der Waals surface area contributed by atoms with Crippen LogP contribution in [0.3, 0.4) is 0 Å². The Hall–Kier alpha value is -1.97. The van der Waals surface area contributed by atoms with Crippen molar-refractivity contribution < 1.29 is 8.42 Å². The number of fused-ring (bicyclic) bond motifs is 1. The van der Waals surface area contributed by atoms with Crippen LogP contribution in [0.1, 0.15) is 43.9 Å². The van der Waals surface area contributed by atoms with Crippen LogP contribution in [0.2, 0.25) is 5.02 Å². The molecular weight excluding hydrogens is 519 g/mol. The predicted molar refractivity (Wildman–Crippen MR) is 149 cm³/mol. The monoisotopic (exact) mass is 552 g/mol. The highest BCUT2D eigenvalue weighted by Gasteiger charge is 2.25. The maximum atomic E-state index is 13.3. The molecule has 1 aliphatic rings. The number of hydrogen-bond donors (Lipinski definition) is 1. The van der Waals surface area contributed by atoms with Crippen molar-refractivity contribution in [2.45, 2.75) is 51.6 Å². The first-order chi connectivity index (χ1) is 16.9. The Bertz CT molecular complexity index is 1310. The molecule has 36 heavy (non-hydrogen) atoms. The SMILES string of the molecule is CCS(=O)(=O)NCCCCN1CCC[C@@H]1Cn1nc(Cc2ccc(Cl)cc2)c2ccccc2c1=O.Cl. The zero-order chi connectivity index (χ0) is 24.8. The Balaban J connectivity index is 0.00000361. The highest BCUT2D eigenvalue weighted by Crippen LogP contribution is 2.21. The first-order valence-corrected chi connectivity index (χ1v) is 14.3. The zero-order valence-electron chi connectivity index (χ0n) is 20.5. The summed E-state index contributed by atoms with van der Waals surface area (Å²) in [5.74, 6) is 0.106. The van der Waals surface area contributed by atoms with Crippen LogP contribution in [0.5, 0.6) is 0 Å². The Morgan fingerprint density at radius 3 is 2.53 bits per heavy atom. The highest BCUT2D eigenvalue weighted by molar-refractivity contribution is 7.89. The van der Waals surface area contributed by atoms with Crippen molar-refractivity contribution in [3.05, 3.63) is 75.2 Å². The molecule has 10 heteroatoms. The largest absolute Gasteiger partial charge is 0.299 e. The average Bonchev–Trinajstić information content (AvgIpc) is 3.30. The Morgan fingerprint density at radius 2 is 1.81 bits per heavy atom. The van der Waals surface area contributed by atoms with Crippen LogP contribution >= 0.6 is 24.0 Å². The van der Waals surface area contributed by atoms with E-state index < -0.39 is 10.0 Å². The fourth-order valence-electron chi connectivity index (χ4n) is 4.72. The molecular formula is C26H34Cl2N4O3S. The average molecular weight is 554 g/mol. The number of rotatable bonds is 11. The lowest BCUT2D eigenvalue weighted by molar-refractivity contribution is 0.221. The van der Waals surface area contributed by atoms with E-state index in [0.29, 0.717) is 29.9 Å². The summed E-state index contributed by atoms with van der Waals surface area (Å²) in [6.45, 7) is 4.54. The lowest BCUT2D eigenvalue weighted by Crippen LogP contribution is -2.38. The molecule has 0 saturated carbocycles. The number of nitrogens with one attached hydrogen (secondary N) is 1. The number of benzene rings is 2. The lowest BCUT2D eigenvalue weighted by atomic mass is 10.0. The van der Waals surface area contributed by atoms with E-state index in [0.717, 1.165) is 55.4 Å². The highest BCUT2D eigenvalue weighted by atomic mass is 35.5. The molecule has 2 aromatic carbocycles. The van der Waals surface area contributed by atoms with E-state index in [-0.39, 0.29) is 29.8 Å². The molecule has 1 aliphatic heterocycles. The molecule has 7 nitrogen and oxygen atoms in total. The maximum absolute atomic E-state index is 13.3. The van der Waals surface area contributed by atoms with Gasteiger partial charge in [0.25, 0.3) is 5.56 Å². The van der Waals surface area contributed by atoms with Crippen LogP contribution in [0.25, 0.3) is 10.8 Å². The molecule has 1 fully saturated rings. The molecule has 0 amide bonds. The van der Waals surface area contributed by atoms with Crippen LogP contribution in [0, 0.1) is 0 Å². The van der Waals surface area contributed by atoms with Crippen molar-refractivity contribution in [2.24, 2.45) is 0 Å². The number of aromatic nitrogens is 2. The topological polar surface area (TPSA) is 84.3 Å². The van der Waals surface area contributed by atoms with Crippen molar-refractivity contribution >= 4 is 44.8 Å². The van der Waals surface area contributed by atoms with Gasteiger partial charge < -0.3 is 0 Å². The second-order valence-electron chi connectivity index (χ2n) is 9.12. The van der Waals surface area contributed by atoms with Crippen molar-refractivity contribution in [1.29, 1.82) is 0 Å². The van der Waals surface area contributed by atoms with Crippen LogP contribution < -0.4 is 10.3 Å². The lowest BCUT2D eigenvalue weighted by Gasteiger charge is -2.25. The van der Waals surface area contributed by atoms with Gasteiger partial charge in [-0.1, -0.05) is 41.9 Å². The van der Waals surface area contributed by atoms with Gasteiger partial charge in [-0.15, -0.1) is 12.4 Å². The number of unbranched alkanes of at least 4 members (excludes halogenated alkanes) is 1. The van der Waals surface area contributed by atoms with Gasteiger partial charge in [0, 0.05) is 29.4 Å². The van der Waals surface area contributed by atoms with Crippen LogP contribution in [-0.4, -0.2) is 54.5 Å². The predicted octanol–water partition coefficient (Wildman–Crippen LogP) is 4.25. The second-order valence-corrected chi connectivity index (χ2v) is 11.7. The van der Waals surface area contributed by atoms with Crippen LogP contribution in [0.4, 0.5) is 0 Å². The minimum atomic E-state index is -3.14. The maximum Gasteiger partial charge on any atom is 0.274 e. The van der Waals surface area contributed by atoms with Crippen molar-refractivity contribution in [2.75, 3.05) is 25.4 Å². The van der Waals surface area contributed by atoms with Crippen LogP contribution in [-0.2, 0) is 23.0 Å². The number of likely N-dealkylation sites (tertiary alicyclic amines) is 1. The van der Waals surface area contributed by atoms with Gasteiger partial charge >= 0.3 is 0 Å². The molecule has 4 rings (SSSR count). The Morgan fingerprint density at radius 1 is 1.08 bits per heavy atom. The van der Waals surface area contributed by atoms with Crippen molar-refractivity contribution in [3.8, 4) is 0 Å². The standard InChI is InChI=1S/C26H33ClN4O3S.ClH/c1-2-35(33,34)28-15-5-6-16-30-17-7-8-22(30)19-31-26(32)24-10-4-3-9-23(24)25(29-31)18-20-11-13-21(27)14-12-20;/h3-4,9-14,22,28H,2,5-8,15-19H2,1H3;1H/t22-;/m1./s1. The summed E-state index contributed by atoms with van der Waals surface area (Å²) in [5.41, 5.74) is 1.93. The first-order valence-electron chi connectivity index (χ1n) is 12.3. The third kappa shape index (κ3) is 7.29.